The van der Waals surface area contributed by atoms with E-state index in [1.807, 2.05) is 6.07 Å². The number of pyridine rings is 1. The third-order valence-corrected chi connectivity index (χ3v) is 4.82. The minimum absolute atomic E-state index is 0.446. The summed E-state index contributed by atoms with van der Waals surface area (Å²) in [6.07, 6.45) is 8.40. The van der Waals surface area contributed by atoms with Gasteiger partial charge in [0.1, 0.15) is 0 Å². The molecular weight excluding hydrogens is 260 g/mol. The molecule has 0 radical (unpaired) electrons. The number of rotatable bonds is 4. The number of methoxy groups -OCH3 is 1. The molecule has 0 saturated heterocycles. The van der Waals surface area contributed by atoms with Gasteiger partial charge < -0.3 is 10.1 Å². The van der Waals surface area contributed by atoms with Crippen LogP contribution in [0.3, 0.4) is 0 Å². The molecule has 1 N–H and O–H groups in total. The normalized spacial score (nSPS) is 23.6. The van der Waals surface area contributed by atoms with Crippen LogP contribution in [-0.4, -0.2) is 18.1 Å². The van der Waals surface area contributed by atoms with E-state index in [0.29, 0.717) is 11.5 Å². The van der Waals surface area contributed by atoms with Crippen LogP contribution in [0.15, 0.2) is 18.3 Å². The predicted molar refractivity (Wildman–Crippen MR) is 87.4 cm³/mol. The second kappa shape index (κ2) is 7.26. The van der Waals surface area contributed by atoms with Gasteiger partial charge in [-0.15, -0.1) is 0 Å². The standard InChI is InChI=1S/C18H30N2O/c1-18(2,3)15-8-5-9-16(11-10-15)20-13-14-7-6-12-19-17(14)21-4/h6-7,12,15-16,20H,5,8-11,13H2,1-4H3. The van der Waals surface area contributed by atoms with Crippen LogP contribution in [0.1, 0.15) is 58.4 Å². The highest BCUT2D eigenvalue weighted by molar-refractivity contribution is 5.25. The molecule has 0 spiro atoms. The number of hydrogen-bond donors (Lipinski definition) is 1. The SMILES string of the molecule is COc1ncccc1CNC1CCCC(C(C)(C)C)CC1. The molecule has 21 heavy (non-hydrogen) atoms. The molecule has 1 saturated carbocycles. The molecular formula is C18H30N2O. The molecule has 1 aliphatic carbocycles. The first-order valence-electron chi connectivity index (χ1n) is 8.22. The first-order valence-corrected chi connectivity index (χ1v) is 8.22. The molecule has 0 aliphatic heterocycles. The van der Waals surface area contributed by atoms with E-state index in [1.165, 1.54) is 32.1 Å². The van der Waals surface area contributed by atoms with Gasteiger partial charge in [-0.1, -0.05) is 33.3 Å². The second-order valence-corrected chi connectivity index (χ2v) is 7.32. The highest BCUT2D eigenvalue weighted by atomic mass is 16.5. The van der Waals surface area contributed by atoms with Crippen molar-refractivity contribution >= 4 is 0 Å². The summed E-state index contributed by atoms with van der Waals surface area (Å²) in [4.78, 5) is 4.26. The van der Waals surface area contributed by atoms with Gasteiger partial charge >= 0.3 is 0 Å². The van der Waals surface area contributed by atoms with Crippen LogP contribution in [0.25, 0.3) is 0 Å². The molecule has 0 aromatic carbocycles. The predicted octanol–water partition coefficient (Wildman–Crippen LogP) is 4.17. The zero-order valence-corrected chi connectivity index (χ0v) is 14.0. The van der Waals surface area contributed by atoms with Gasteiger partial charge in [0.05, 0.1) is 7.11 Å². The van der Waals surface area contributed by atoms with Crippen LogP contribution < -0.4 is 10.1 Å². The van der Waals surface area contributed by atoms with Crippen LogP contribution in [0, 0.1) is 11.3 Å². The van der Waals surface area contributed by atoms with E-state index in [2.05, 4.69) is 37.1 Å². The number of nitrogens with one attached hydrogen (secondary N) is 1. The lowest BCUT2D eigenvalue weighted by Gasteiger charge is -2.29. The topological polar surface area (TPSA) is 34.1 Å². The average Bonchev–Trinajstić information content (AvgIpc) is 2.70. The van der Waals surface area contributed by atoms with E-state index >= 15 is 0 Å². The van der Waals surface area contributed by atoms with Crippen molar-refractivity contribution in [2.75, 3.05) is 7.11 Å². The Morgan fingerprint density at radius 1 is 1.24 bits per heavy atom. The van der Waals surface area contributed by atoms with Gasteiger partial charge in [0.25, 0.3) is 0 Å². The summed E-state index contributed by atoms with van der Waals surface area (Å²) in [5, 5.41) is 3.70. The monoisotopic (exact) mass is 290 g/mol. The Bertz CT molecular complexity index is 439. The molecule has 3 heteroatoms. The van der Waals surface area contributed by atoms with Crippen LogP contribution in [0.4, 0.5) is 0 Å². The maximum Gasteiger partial charge on any atom is 0.217 e. The molecule has 1 fully saturated rings. The fourth-order valence-corrected chi connectivity index (χ4v) is 3.37. The highest BCUT2D eigenvalue weighted by Gasteiger charge is 2.27. The second-order valence-electron chi connectivity index (χ2n) is 7.32. The van der Waals surface area contributed by atoms with Crippen molar-refractivity contribution < 1.29 is 4.74 Å². The van der Waals surface area contributed by atoms with Gasteiger partial charge in [0.15, 0.2) is 0 Å². The Morgan fingerprint density at radius 3 is 2.76 bits per heavy atom. The Balaban J connectivity index is 1.87. The summed E-state index contributed by atoms with van der Waals surface area (Å²) in [7, 11) is 1.69. The lowest BCUT2D eigenvalue weighted by molar-refractivity contribution is 0.213. The van der Waals surface area contributed by atoms with Gasteiger partial charge in [0, 0.05) is 24.3 Å². The molecule has 1 heterocycles. The Kier molecular flexibility index (Phi) is 5.63. The maximum absolute atomic E-state index is 5.32. The lowest BCUT2D eigenvalue weighted by atomic mass is 9.76. The van der Waals surface area contributed by atoms with E-state index in [-0.39, 0.29) is 0 Å². The largest absolute Gasteiger partial charge is 0.481 e. The zero-order valence-electron chi connectivity index (χ0n) is 14.0. The molecule has 2 atom stereocenters. The summed E-state index contributed by atoms with van der Waals surface area (Å²) in [5.41, 5.74) is 1.60. The van der Waals surface area contributed by atoms with Crippen molar-refractivity contribution in [1.29, 1.82) is 0 Å². The lowest BCUT2D eigenvalue weighted by Crippen LogP contribution is -2.28. The molecule has 118 valence electrons. The smallest absolute Gasteiger partial charge is 0.217 e. The van der Waals surface area contributed by atoms with Crippen molar-refractivity contribution in [2.45, 2.75) is 65.5 Å². The molecule has 0 bridgehead atoms. The molecule has 0 amide bonds. The first kappa shape index (κ1) is 16.3. The van der Waals surface area contributed by atoms with Crippen molar-refractivity contribution in [3.05, 3.63) is 23.9 Å². The number of nitrogens with zero attached hydrogens (tertiary/aromatic N) is 1. The first-order chi connectivity index (χ1) is 10.0. The summed E-state index contributed by atoms with van der Waals surface area (Å²) in [6, 6.07) is 4.69. The average molecular weight is 290 g/mol. The van der Waals surface area contributed by atoms with Crippen LogP contribution in [0.2, 0.25) is 0 Å². The van der Waals surface area contributed by atoms with Crippen molar-refractivity contribution in [3.63, 3.8) is 0 Å². The Labute approximate surface area is 129 Å². The number of ether oxygens (including phenoxy) is 1. The van der Waals surface area contributed by atoms with E-state index in [4.69, 9.17) is 4.74 Å². The third-order valence-electron chi connectivity index (χ3n) is 4.82. The zero-order chi connectivity index (χ0) is 15.3. The number of aromatic nitrogens is 1. The van der Waals surface area contributed by atoms with Gasteiger partial charge in [-0.2, -0.15) is 0 Å². The van der Waals surface area contributed by atoms with Gasteiger partial charge in [0.2, 0.25) is 5.88 Å². The maximum atomic E-state index is 5.32. The fraction of sp³-hybridized carbons (Fsp3) is 0.722. The summed E-state index contributed by atoms with van der Waals surface area (Å²) in [5.74, 6) is 1.60. The quantitative estimate of drug-likeness (QED) is 0.845. The molecule has 1 aromatic heterocycles. The molecule has 3 nitrogen and oxygen atoms in total. The Morgan fingerprint density at radius 2 is 2.05 bits per heavy atom. The van der Waals surface area contributed by atoms with Crippen molar-refractivity contribution in [2.24, 2.45) is 11.3 Å². The van der Waals surface area contributed by atoms with E-state index in [0.717, 1.165) is 23.9 Å². The van der Waals surface area contributed by atoms with Crippen LogP contribution in [0.5, 0.6) is 5.88 Å². The molecule has 1 aliphatic rings. The third kappa shape index (κ3) is 4.70. The molecule has 2 rings (SSSR count). The summed E-state index contributed by atoms with van der Waals surface area (Å²) in [6.45, 7) is 7.99. The van der Waals surface area contributed by atoms with Crippen molar-refractivity contribution in [1.82, 2.24) is 10.3 Å². The minimum atomic E-state index is 0.446. The van der Waals surface area contributed by atoms with E-state index < -0.39 is 0 Å². The summed E-state index contributed by atoms with van der Waals surface area (Å²) < 4.78 is 5.32. The fourth-order valence-electron chi connectivity index (χ4n) is 3.37. The Hall–Kier alpha value is -1.09. The highest BCUT2D eigenvalue weighted by Crippen LogP contribution is 2.36. The van der Waals surface area contributed by atoms with Crippen LogP contribution >= 0.6 is 0 Å². The van der Waals surface area contributed by atoms with E-state index in [9.17, 15) is 0 Å². The minimum Gasteiger partial charge on any atom is -0.481 e. The molecule has 2 unspecified atom stereocenters. The van der Waals surface area contributed by atoms with Gasteiger partial charge in [-0.25, -0.2) is 4.98 Å². The van der Waals surface area contributed by atoms with Gasteiger partial charge in [-0.3, -0.25) is 0 Å². The van der Waals surface area contributed by atoms with Crippen LogP contribution in [-0.2, 0) is 6.54 Å². The van der Waals surface area contributed by atoms with Gasteiger partial charge in [-0.05, 0) is 43.1 Å². The number of hydrogen-bond acceptors (Lipinski definition) is 3. The molecule has 1 aromatic rings. The summed E-state index contributed by atoms with van der Waals surface area (Å²) >= 11 is 0. The van der Waals surface area contributed by atoms with E-state index in [1.54, 1.807) is 13.3 Å². The van der Waals surface area contributed by atoms with Crippen molar-refractivity contribution in [3.8, 4) is 5.88 Å².